The highest BCUT2D eigenvalue weighted by molar-refractivity contribution is 7.86. The van der Waals surface area contributed by atoms with Crippen LogP contribution in [0.2, 0.25) is 0 Å². The Hall–Kier alpha value is -1.84. The summed E-state index contributed by atoms with van der Waals surface area (Å²) in [5, 5.41) is 7.18. The molecule has 0 spiro atoms. The highest BCUT2D eigenvalue weighted by atomic mass is 32.2. The monoisotopic (exact) mass is 364 g/mol. The summed E-state index contributed by atoms with van der Waals surface area (Å²) < 4.78 is 27.6. The second kappa shape index (κ2) is 6.81. The Balaban J connectivity index is 1.89. The van der Waals surface area contributed by atoms with Gasteiger partial charge in [-0.2, -0.15) is 22.1 Å². The normalized spacial score (nSPS) is 19.5. The molecule has 1 unspecified atom stereocenters. The Labute approximate surface area is 148 Å². The molecule has 0 radical (unpaired) electrons. The van der Waals surface area contributed by atoms with E-state index in [9.17, 15) is 8.42 Å². The van der Waals surface area contributed by atoms with Crippen molar-refractivity contribution in [1.82, 2.24) is 28.8 Å². The number of aryl methyl sites for hydroxylation is 2. The molecule has 0 aliphatic carbocycles. The fourth-order valence-electron chi connectivity index (χ4n) is 3.25. The first-order chi connectivity index (χ1) is 11.8. The first-order valence-corrected chi connectivity index (χ1v) is 9.72. The molecule has 1 fully saturated rings. The molecule has 25 heavy (non-hydrogen) atoms. The third-order valence-electron chi connectivity index (χ3n) is 4.63. The molecule has 1 atom stereocenters. The summed E-state index contributed by atoms with van der Waals surface area (Å²) in [6, 6.07) is 0. The van der Waals surface area contributed by atoms with Crippen LogP contribution in [0.5, 0.6) is 0 Å². The maximum Gasteiger partial charge on any atom is 0.281 e. The van der Waals surface area contributed by atoms with E-state index in [1.165, 1.54) is 8.61 Å². The van der Waals surface area contributed by atoms with E-state index in [1.54, 1.807) is 26.5 Å². The molecule has 0 amide bonds. The van der Waals surface area contributed by atoms with Gasteiger partial charge < -0.3 is 0 Å². The summed E-state index contributed by atoms with van der Waals surface area (Å²) in [5.41, 5.74) is 4.39. The van der Waals surface area contributed by atoms with Crippen LogP contribution in [0.25, 0.3) is 11.3 Å². The van der Waals surface area contributed by atoms with E-state index in [2.05, 4.69) is 15.2 Å². The van der Waals surface area contributed by atoms with Crippen molar-refractivity contribution in [3.63, 3.8) is 0 Å². The van der Waals surface area contributed by atoms with Gasteiger partial charge in [-0.3, -0.25) is 10.1 Å². The Morgan fingerprint density at radius 1 is 1.28 bits per heavy atom. The number of rotatable bonds is 4. The maximum absolute atomic E-state index is 12.4. The molecule has 0 bridgehead atoms. The zero-order valence-electron chi connectivity index (χ0n) is 15.0. The van der Waals surface area contributed by atoms with E-state index < -0.39 is 10.2 Å². The minimum atomic E-state index is -3.40. The number of hydrogen-bond acceptors (Lipinski definition) is 5. The van der Waals surface area contributed by atoms with Crippen molar-refractivity contribution in [2.45, 2.75) is 32.6 Å². The summed E-state index contributed by atoms with van der Waals surface area (Å²) in [6.45, 7) is 4.86. The molecule has 0 aromatic carbocycles. The van der Waals surface area contributed by atoms with E-state index in [0.29, 0.717) is 13.1 Å². The minimum Gasteiger partial charge on any atom is -0.282 e. The van der Waals surface area contributed by atoms with Crippen molar-refractivity contribution in [1.29, 1.82) is 0 Å². The van der Waals surface area contributed by atoms with Crippen LogP contribution in [0, 0.1) is 13.8 Å². The van der Waals surface area contributed by atoms with E-state index in [4.69, 9.17) is 4.98 Å². The van der Waals surface area contributed by atoms with Crippen LogP contribution in [0.15, 0.2) is 12.4 Å². The SMILES string of the molecule is Cc1n[nH]c(C)c1-c1cncc(C2CCCN(S(=O)(=O)N(C)C)C2)n1. The Kier molecular flexibility index (Phi) is 4.90. The van der Waals surface area contributed by atoms with Gasteiger partial charge in [-0.05, 0) is 26.7 Å². The van der Waals surface area contributed by atoms with E-state index in [-0.39, 0.29) is 5.92 Å². The molecular weight excluding hydrogens is 340 g/mol. The van der Waals surface area contributed by atoms with Crippen molar-refractivity contribution < 1.29 is 8.42 Å². The number of nitrogens with one attached hydrogen (secondary N) is 1. The van der Waals surface area contributed by atoms with E-state index in [1.807, 2.05) is 13.8 Å². The fourth-order valence-corrected chi connectivity index (χ4v) is 4.44. The van der Waals surface area contributed by atoms with Crippen LogP contribution in [-0.4, -0.2) is 64.4 Å². The second-order valence-corrected chi connectivity index (χ2v) is 8.77. The molecule has 1 N–H and O–H groups in total. The maximum atomic E-state index is 12.4. The lowest BCUT2D eigenvalue weighted by atomic mass is 9.96. The summed E-state index contributed by atoms with van der Waals surface area (Å²) in [5.74, 6) is 0.0449. The molecule has 2 aromatic rings. The number of aromatic amines is 1. The molecule has 8 nitrogen and oxygen atoms in total. The van der Waals surface area contributed by atoms with Gasteiger partial charge in [-0.15, -0.1) is 0 Å². The zero-order valence-corrected chi connectivity index (χ0v) is 15.8. The Morgan fingerprint density at radius 2 is 2.04 bits per heavy atom. The predicted molar refractivity (Wildman–Crippen MR) is 95.2 cm³/mol. The van der Waals surface area contributed by atoms with Crippen LogP contribution in [-0.2, 0) is 10.2 Å². The molecule has 0 saturated carbocycles. The fraction of sp³-hybridized carbons (Fsp3) is 0.562. The summed E-state index contributed by atoms with van der Waals surface area (Å²) >= 11 is 0. The average molecular weight is 364 g/mol. The summed E-state index contributed by atoms with van der Waals surface area (Å²) in [6.07, 6.45) is 5.19. The van der Waals surface area contributed by atoms with Crippen LogP contribution in [0.1, 0.15) is 35.8 Å². The number of H-pyrrole nitrogens is 1. The highest BCUT2D eigenvalue weighted by Crippen LogP contribution is 2.29. The second-order valence-electron chi connectivity index (χ2n) is 6.63. The van der Waals surface area contributed by atoms with Crippen LogP contribution >= 0.6 is 0 Å². The summed E-state index contributed by atoms with van der Waals surface area (Å²) in [4.78, 5) is 9.10. The van der Waals surface area contributed by atoms with Crippen molar-refractivity contribution in [2.75, 3.05) is 27.2 Å². The highest BCUT2D eigenvalue weighted by Gasteiger charge is 2.31. The number of aromatic nitrogens is 4. The molecule has 1 aliphatic rings. The number of piperidine rings is 1. The molecule has 3 heterocycles. The van der Waals surface area contributed by atoms with Crippen LogP contribution in [0.4, 0.5) is 0 Å². The Bertz CT molecular complexity index is 842. The van der Waals surface area contributed by atoms with Crippen molar-refractivity contribution in [3.8, 4) is 11.3 Å². The van der Waals surface area contributed by atoms with Gasteiger partial charge in [0.2, 0.25) is 0 Å². The molecule has 3 rings (SSSR count). The van der Waals surface area contributed by atoms with Crippen LogP contribution < -0.4 is 0 Å². The van der Waals surface area contributed by atoms with Gasteiger partial charge in [-0.1, -0.05) is 0 Å². The van der Waals surface area contributed by atoms with E-state index >= 15 is 0 Å². The number of hydrogen-bond donors (Lipinski definition) is 1. The van der Waals surface area contributed by atoms with Gasteiger partial charge >= 0.3 is 0 Å². The average Bonchev–Trinajstić information content (AvgIpc) is 2.93. The molecule has 2 aromatic heterocycles. The predicted octanol–water partition coefficient (Wildman–Crippen LogP) is 1.47. The topological polar surface area (TPSA) is 95.1 Å². The third kappa shape index (κ3) is 3.44. The minimum absolute atomic E-state index is 0.0449. The first kappa shape index (κ1) is 18.0. The van der Waals surface area contributed by atoms with Gasteiger partial charge in [0.25, 0.3) is 10.2 Å². The quantitative estimate of drug-likeness (QED) is 0.886. The molecular formula is C16H24N6O2S. The van der Waals surface area contributed by atoms with Gasteiger partial charge in [0.05, 0.1) is 23.3 Å². The molecule has 136 valence electrons. The molecule has 9 heteroatoms. The lowest BCUT2D eigenvalue weighted by Crippen LogP contribution is -2.45. The molecule has 1 saturated heterocycles. The van der Waals surface area contributed by atoms with Crippen molar-refractivity contribution in [3.05, 3.63) is 29.5 Å². The molecule has 1 aliphatic heterocycles. The first-order valence-electron chi connectivity index (χ1n) is 8.32. The Morgan fingerprint density at radius 3 is 2.68 bits per heavy atom. The zero-order chi connectivity index (χ0) is 18.2. The van der Waals surface area contributed by atoms with Gasteiger partial charge in [0.1, 0.15) is 0 Å². The van der Waals surface area contributed by atoms with E-state index in [0.717, 1.165) is 41.2 Å². The smallest absolute Gasteiger partial charge is 0.281 e. The van der Waals surface area contributed by atoms with Crippen molar-refractivity contribution >= 4 is 10.2 Å². The number of nitrogens with zero attached hydrogens (tertiary/aromatic N) is 5. The van der Waals surface area contributed by atoms with Gasteiger partial charge in [0.15, 0.2) is 0 Å². The largest absolute Gasteiger partial charge is 0.282 e. The van der Waals surface area contributed by atoms with Gasteiger partial charge in [0, 0.05) is 50.6 Å². The lowest BCUT2D eigenvalue weighted by molar-refractivity contribution is 0.296. The third-order valence-corrected chi connectivity index (χ3v) is 6.53. The standard InChI is InChI=1S/C16H24N6O2S/c1-11-16(12(2)20-19-11)15-9-17-8-14(18-15)13-6-5-7-22(10-13)25(23,24)21(3)4/h8-9,13H,5-7,10H2,1-4H3,(H,19,20). The lowest BCUT2D eigenvalue weighted by Gasteiger charge is -2.33. The summed E-state index contributed by atoms with van der Waals surface area (Å²) in [7, 11) is -0.285. The van der Waals surface area contributed by atoms with Gasteiger partial charge in [-0.25, -0.2) is 4.98 Å². The van der Waals surface area contributed by atoms with Crippen LogP contribution in [0.3, 0.4) is 0 Å². The van der Waals surface area contributed by atoms with Crippen molar-refractivity contribution in [2.24, 2.45) is 0 Å².